The first-order valence-corrected chi connectivity index (χ1v) is 8.92. The molecule has 0 aliphatic heterocycles. The zero-order valence-electron chi connectivity index (χ0n) is 15.7. The summed E-state index contributed by atoms with van der Waals surface area (Å²) >= 11 is 5.58. The van der Waals surface area contributed by atoms with Crippen LogP contribution in [0.25, 0.3) is 0 Å². The molecule has 1 aromatic heterocycles. The number of hydrogen-bond donors (Lipinski definition) is 2. The molecule has 0 aliphatic rings. The zero-order chi connectivity index (χ0) is 21.2. The molecule has 0 bridgehead atoms. The van der Waals surface area contributed by atoms with Gasteiger partial charge in [0, 0.05) is 42.7 Å². The van der Waals surface area contributed by atoms with Crippen LogP contribution < -0.4 is 20.1 Å². The number of amides is 2. The second-order valence-electron chi connectivity index (χ2n) is 5.87. The first-order chi connectivity index (χ1) is 13.9. The van der Waals surface area contributed by atoms with Gasteiger partial charge < -0.3 is 20.1 Å². The largest absolute Gasteiger partial charge is 0.484 e. The van der Waals surface area contributed by atoms with Gasteiger partial charge in [0.2, 0.25) is 5.91 Å². The Kier molecular flexibility index (Phi) is 8.35. The fraction of sp³-hybridized carbons (Fsp3) is 0.263. The summed E-state index contributed by atoms with van der Waals surface area (Å²) in [6.07, 6.45) is 3.50. The molecule has 1 aromatic carbocycles. The van der Waals surface area contributed by atoms with Crippen LogP contribution in [0, 0.1) is 5.82 Å². The molecule has 2 amide bonds. The quantitative estimate of drug-likeness (QED) is 0.609. The van der Waals surface area contributed by atoms with Crippen LogP contribution in [0.3, 0.4) is 0 Å². The number of rotatable bonds is 10. The van der Waals surface area contributed by atoms with Crippen molar-refractivity contribution in [2.75, 3.05) is 13.7 Å². The van der Waals surface area contributed by atoms with E-state index in [1.165, 1.54) is 19.2 Å². The number of nitrogens with one attached hydrogen (secondary N) is 2. The highest BCUT2D eigenvalue weighted by Crippen LogP contribution is 2.20. The second kappa shape index (κ2) is 11.0. The van der Waals surface area contributed by atoms with Gasteiger partial charge in [-0.1, -0.05) is 18.2 Å². The minimum atomic E-state index is -0.638. The van der Waals surface area contributed by atoms with Crippen molar-refractivity contribution in [1.29, 1.82) is 0 Å². The SMILES string of the molecule is C=C(CCC(=O)NCc1cnc(OC)nc1)NC(=O)COc1ccc(Cl)c(F)c1. The lowest BCUT2D eigenvalue weighted by molar-refractivity contribution is -0.123. The van der Waals surface area contributed by atoms with Crippen molar-refractivity contribution in [2.24, 2.45) is 0 Å². The van der Waals surface area contributed by atoms with E-state index in [4.69, 9.17) is 21.1 Å². The number of methoxy groups -OCH3 is 1. The minimum absolute atomic E-state index is 0.0343. The highest BCUT2D eigenvalue weighted by atomic mass is 35.5. The van der Waals surface area contributed by atoms with Gasteiger partial charge in [0.25, 0.3) is 5.91 Å². The Morgan fingerprint density at radius 2 is 1.93 bits per heavy atom. The Bertz CT molecular complexity index is 877. The molecule has 2 rings (SSSR count). The van der Waals surface area contributed by atoms with Crippen molar-refractivity contribution < 1.29 is 23.5 Å². The Morgan fingerprint density at radius 3 is 2.59 bits per heavy atom. The molecular formula is C19H20ClFN4O4. The number of carbonyl (C=O) groups is 2. The summed E-state index contributed by atoms with van der Waals surface area (Å²) in [5.74, 6) is -1.15. The molecule has 29 heavy (non-hydrogen) atoms. The third-order valence-electron chi connectivity index (χ3n) is 3.58. The molecule has 1 heterocycles. The van der Waals surface area contributed by atoms with Crippen molar-refractivity contribution in [3.63, 3.8) is 0 Å². The topological polar surface area (TPSA) is 102 Å². The van der Waals surface area contributed by atoms with Crippen LogP contribution in [0.4, 0.5) is 4.39 Å². The van der Waals surface area contributed by atoms with Crippen LogP contribution >= 0.6 is 11.6 Å². The molecule has 10 heteroatoms. The molecule has 0 saturated heterocycles. The van der Waals surface area contributed by atoms with Gasteiger partial charge in [0.1, 0.15) is 11.6 Å². The van der Waals surface area contributed by atoms with E-state index in [-0.39, 0.29) is 48.7 Å². The third kappa shape index (κ3) is 7.74. The molecule has 0 saturated carbocycles. The van der Waals surface area contributed by atoms with E-state index in [0.29, 0.717) is 5.70 Å². The van der Waals surface area contributed by atoms with Crippen LogP contribution in [-0.2, 0) is 16.1 Å². The summed E-state index contributed by atoms with van der Waals surface area (Å²) < 4.78 is 23.4. The zero-order valence-corrected chi connectivity index (χ0v) is 16.5. The van der Waals surface area contributed by atoms with Gasteiger partial charge in [-0.3, -0.25) is 9.59 Å². The Morgan fingerprint density at radius 1 is 1.21 bits per heavy atom. The second-order valence-corrected chi connectivity index (χ2v) is 6.28. The van der Waals surface area contributed by atoms with Crippen LogP contribution in [0.5, 0.6) is 11.8 Å². The Hall–Kier alpha value is -3.20. The van der Waals surface area contributed by atoms with Crippen molar-refractivity contribution in [3.05, 3.63) is 59.3 Å². The summed E-state index contributed by atoms with van der Waals surface area (Å²) in [6.45, 7) is 3.65. The van der Waals surface area contributed by atoms with Crippen molar-refractivity contribution in [2.45, 2.75) is 19.4 Å². The first kappa shape index (κ1) is 22.1. The highest BCUT2D eigenvalue weighted by molar-refractivity contribution is 6.30. The lowest BCUT2D eigenvalue weighted by Gasteiger charge is -2.10. The number of hydrogen-bond acceptors (Lipinski definition) is 6. The van der Waals surface area contributed by atoms with Gasteiger partial charge in [-0.15, -0.1) is 0 Å². The molecule has 0 spiro atoms. The Labute approximate surface area is 172 Å². The summed E-state index contributed by atoms with van der Waals surface area (Å²) in [5.41, 5.74) is 1.09. The average Bonchev–Trinajstić information content (AvgIpc) is 2.72. The lowest BCUT2D eigenvalue weighted by Crippen LogP contribution is -2.29. The summed E-state index contributed by atoms with van der Waals surface area (Å²) in [6, 6.07) is 4.12. The van der Waals surface area contributed by atoms with Crippen molar-refractivity contribution in [1.82, 2.24) is 20.6 Å². The van der Waals surface area contributed by atoms with Gasteiger partial charge in [-0.25, -0.2) is 14.4 Å². The number of benzene rings is 1. The molecule has 0 fully saturated rings. The smallest absolute Gasteiger partial charge is 0.316 e. The summed E-state index contributed by atoms with van der Waals surface area (Å²) in [4.78, 5) is 31.6. The molecule has 2 N–H and O–H groups in total. The van der Waals surface area contributed by atoms with E-state index in [0.717, 1.165) is 11.6 Å². The molecule has 2 aromatic rings. The monoisotopic (exact) mass is 422 g/mol. The molecular weight excluding hydrogens is 403 g/mol. The van der Waals surface area contributed by atoms with Crippen LogP contribution in [0.15, 0.2) is 42.9 Å². The van der Waals surface area contributed by atoms with Crippen molar-refractivity contribution >= 4 is 23.4 Å². The molecule has 0 unspecified atom stereocenters. The molecule has 0 atom stereocenters. The average molecular weight is 423 g/mol. The predicted octanol–water partition coefficient (Wildman–Crippen LogP) is 2.38. The van der Waals surface area contributed by atoms with E-state index >= 15 is 0 Å². The van der Waals surface area contributed by atoms with Gasteiger partial charge in [-0.05, 0) is 18.6 Å². The van der Waals surface area contributed by atoms with E-state index in [1.54, 1.807) is 12.4 Å². The van der Waals surface area contributed by atoms with E-state index < -0.39 is 11.7 Å². The van der Waals surface area contributed by atoms with Crippen LogP contribution in [0.2, 0.25) is 5.02 Å². The summed E-state index contributed by atoms with van der Waals surface area (Å²) in [7, 11) is 1.46. The molecule has 0 radical (unpaired) electrons. The fourth-order valence-corrected chi connectivity index (χ4v) is 2.22. The number of carbonyl (C=O) groups excluding carboxylic acids is 2. The number of aromatic nitrogens is 2. The maximum absolute atomic E-state index is 13.3. The Balaban J connectivity index is 1.65. The normalized spacial score (nSPS) is 10.2. The van der Waals surface area contributed by atoms with Gasteiger partial charge in [-0.2, -0.15) is 0 Å². The minimum Gasteiger partial charge on any atom is -0.484 e. The fourth-order valence-electron chi connectivity index (χ4n) is 2.10. The first-order valence-electron chi connectivity index (χ1n) is 8.54. The van der Waals surface area contributed by atoms with Crippen LogP contribution in [-0.4, -0.2) is 35.5 Å². The van der Waals surface area contributed by atoms with Gasteiger partial charge >= 0.3 is 6.01 Å². The maximum Gasteiger partial charge on any atom is 0.316 e. The molecule has 8 nitrogen and oxygen atoms in total. The number of nitrogens with zero attached hydrogens (tertiary/aromatic N) is 2. The molecule has 0 aliphatic carbocycles. The van der Waals surface area contributed by atoms with E-state index in [9.17, 15) is 14.0 Å². The number of ether oxygens (including phenoxy) is 2. The lowest BCUT2D eigenvalue weighted by atomic mass is 10.2. The predicted molar refractivity (Wildman–Crippen MR) is 104 cm³/mol. The summed E-state index contributed by atoms with van der Waals surface area (Å²) in [5, 5.41) is 5.21. The highest BCUT2D eigenvalue weighted by Gasteiger charge is 2.09. The van der Waals surface area contributed by atoms with E-state index in [1.807, 2.05) is 0 Å². The van der Waals surface area contributed by atoms with Crippen molar-refractivity contribution in [3.8, 4) is 11.8 Å². The third-order valence-corrected chi connectivity index (χ3v) is 3.89. The maximum atomic E-state index is 13.3. The molecule has 154 valence electrons. The number of allylic oxidation sites excluding steroid dienone is 1. The van der Waals surface area contributed by atoms with Crippen LogP contribution in [0.1, 0.15) is 18.4 Å². The van der Waals surface area contributed by atoms with Gasteiger partial charge in [0.15, 0.2) is 6.61 Å². The number of halogens is 2. The standard InChI is InChI=1S/C19H20ClFN4O4/c1-12(25-18(27)11-29-14-4-5-15(20)16(21)7-14)3-6-17(26)22-8-13-9-23-19(28-2)24-10-13/h4-5,7,9-10H,1,3,6,8,11H2,2H3,(H,22,26)(H,25,27). The van der Waals surface area contributed by atoms with E-state index in [2.05, 4.69) is 27.2 Å². The van der Waals surface area contributed by atoms with Gasteiger partial charge in [0.05, 0.1) is 12.1 Å².